The molecule has 110 valence electrons. The molecular weight excluding hydrogens is 234 g/mol. The van der Waals surface area contributed by atoms with Crippen molar-refractivity contribution in [3.05, 3.63) is 0 Å². The van der Waals surface area contributed by atoms with Gasteiger partial charge in [0.1, 0.15) is 0 Å². The Hall–Kier alpha value is -0.120. The minimum atomic E-state index is 0.841. The number of hydrogen-bond acceptors (Lipinski definition) is 3. The van der Waals surface area contributed by atoms with Crippen LogP contribution in [0.5, 0.6) is 0 Å². The first-order valence-electron chi connectivity index (χ1n) is 8.48. The summed E-state index contributed by atoms with van der Waals surface area (Å²) < 4.78 is 0. The minimum absolute atomic E-state index is 0.841. The molecule has 0 amide bonds. The Morgan fingerprint density at radius 1 is 1.05 bits per heavy atom. The van der Waals surface area contributed by atoms with E-state index >= 15 is 0 Å². The molecule has 0 aromatic heterocycles. The van der Waals surface area contributed by atoms with Crippen LogP contribution in [0.4, 0.5) is 0 Å². The molecule has 0 aromatic rings. The van der Waals surface area contributed by atoms with Crippen LogP contribution in [0.3, 0.4) is 0 Å². The van der Waals surface area contributed by atoms with Gasteiger partial charge in [0.05, 0.1) is 0 Å². The lowest BCUT2D eigenvalue weighted by Gasteiger charge is -2.32. The molecular formula is C16H31N3. The molecule has 2 aliphatic heterocycles. The fraction of sp³-hybridized carbons (Fsp3) is 1.00. The van der Waals surface area contributed by atoms with E-state index in [1.807, 2.05) is 0 Å². The highest BCUT2D eigenvalue weighted by Crippen LogP contribution is 2.31. The zero-order valence-corrected chi connectivity index (χ0v) is 12.6. The van der Waals surface area contributed by atoms with Crippen molar-refractivity contribution < 1.29 is 0 Å². The third-order valence-electron chi connectivity index (χ3n) is 5.39. The molecule has 2 unspecified atom stereocenters. The first-order valence-corrected chi connectivity index (χ1v) is 8.48. The zero-order chi connectivity index (χ0) is 13.1. The van der Waals surface area contributed by atoms with Gasteiger partial charge in [-0.3, -0.25) is 0 Å². The third-order valence-corrected chi connectivity index (χ3v) is 5.39. The van der Waals surface area contributed by atoms with Crippen LogP contribution in [0.25, 0.3) is 0 Å². The van der Waals surface area contributed by atoms with Crippen molar-refractivity contribution in [2.24, 2.45) is 5.92 Å². The third kappa shape index (κ3) is 3.93. The summed E-state index contributed by atoms with van der Waals surface area (Å²) in [6, 6.07) is 1.81. The fourth-order valence-corrected chi connectivity index (χ4v) is 3.88. The van der Waals surface area contributed by atoms with Crippen LogP contribution in [-0.4, -0.2) is 61.7 Å². The summed E-state index contributed by atoms with van der Waals surface area (Å²) in [6.45, 7) is 6.50. The Balaban J connectivity index is 1.26. The maximum absolute atomic E-state index is 3.72. The number of likely N-dealkylation sites (tertiary alicyclic amines) is 2. The van der Waals surface area contributed by atoms with E-state index in [0.29, 0.717) is 0 Å². The van der Waals surface area contributed by atoms with Gasteiger partial charge < -0.3 is 15.1 Å². The molecule has 0 spiro atoms. The molecule has 2 saturated heterocycles. The summed E-state index contributed by atoms with van der Waals surface area (Å²) in [5.74, 6) is 0.921. The van der Waals surface area contributed by atoms with Gasteiger partial charge in [-0.15, -0.1) is 0 Å². The first kappa shape index (κ1) is 13.8. The van der Waals surface area contributed by atoms with E-state index < -0.39 is 0 Å². The molecule has 0 bridgehead atoms. The van der Waals surface area contributed by atoms with Crippen molar-refractivity contribution in [3.8, 4) is 0 Å². The van der Waals surface area contributed by atoms with Gasteiger partial charge in [0.2, 0.25) is 0 Å². The molecule has 0 radical (unpaired) electrons. The second-order valence-corrected chi connectivity index (χ2v) is 7.00. The average molecular weight is 265 g/mol. The smallest absolute Gasteiger partial charge is 0.0104 e. The van der Waals surface area contributed by atoms with Crippen LogP contribution in [0.15, 0.2) is 0 Å². The largest absolute Gasteiger partial charge is 0.316 e. The Kier molecular flexibility index (Phi) is 4.78. The van der Waals surface area contributed by atoms with Gasteiger partial charge in [-0.2, -0.15) is 0 Å². The quantitative estimate of drug-likeness (QED) is 0.741. The van der Waals surface area contributed by atoms with Gasteiger partial charge in [-0.05, 0) is 77.7 Å². The molecule has 3 fully saturated rings. The number of nitrogens with one attached hydrogen (secondary N) is 1. The molecule has 3 aliphatic rings. The predicted octanol–water partition coefficient (Wildman–Crippen LogP) is 1.93. The molecule has 2 heterocycles. The average Bonchev–Trinajstić information content (AvgIpc) is 3.17. The molecule has 3 heteroatoms. The van der Waals surface area contributed by atoms with Gasteiger partial charge in [0.15, 0.2) is 0 Å². The number of piperidine rings is 1. The predicted molar refractivity (Wildman–Crippen MR) is 80.5 cm³/mol. The normalized spacial score (nSPS) is 33.9. The minimum Gasteiger partial charge on any atom is -0.316 e. The van der Waals surface area contributed by atoms with Crippen molar-refractivity contribution >= 4 is 0 Å². The lowest BCUT2D eigenvalue weighted by atomic mass is 10.00. The van der Waals surface area contributed by atoms with Crippen LogP contribution >= 0.6 is 0 Å². The summed E-state index contributed by atoms with van der Waals surface area (Å²) >= 11 is 0. The fourth-order valence-electron chi connectivity index (χ4n) is 3.88. The maximum atomic E-state index is 3.72. The number of nitrogens with zero attached hydrogens (tertiary/aromatic N) is 2. The van der Waals surface area contributed by atoms with Crippen molar-refractivity contribution in [1.29, 1.82) is 0 Å². The van der Waals surface area contributed by atoms with Crippen LogP contribution in [-0.2, 0) is 0 Å². The van der Waals surface area contributed by atoms with E-state index in [4.69, 9.17) is 0 Å². The standard InChI is InChI=1S/C16H31N3/c1-18-10-3-2-4-15(18)7-9-17-12-14-8-11-19(13-14)16-5-6-16/h14-17H,2-13H2,1H3. The van der Waals surface area contributed by atoms with Crippen LogP contribution in [0.2, 0.25) is 0 Å². The zero-order valence-electron chi connectivity index (χ0n) is 12.6. The van der Waals surface area contributed by atoms with E-state index in [0.717, 1.165) is 18.0 Å². The van der Waals surface area contributed by atoms with E-state index in [1.165, 1.54) is 77.7 Å². The summed E-state index contributed by atoms with van der Waals surface area (Å²) in [5, 5.41) is 3.72. The highest BCUT2D eigenvalue weighted by Gasteiger charge is 2.34. The number of hydrogen-bond donors (Lipinski definition) is 1. The van der Waals surface area contributed by atoms with Crippen LogP contribution in [0, 0.1) is 5.92 Å². The van der Waals surface area contributed by atoms with Crippen molar-refractivity contribution in [1.82, 2.24) is 15.1 Å². The van der Waals surface area contributed by atoms with Crippen molar-refractivity contribution in [3.63, 3.8) is 0 Å². The van der Waals surface area contributed by atoms with Crippen molar-refractivity contribution in [2.75, 3.05) is 39.8 Å². The number of rotatable bonds is 6. The molecule has 1 saturated carbocycles. The SMILES string of the molecule is CN1CCCCC1CCNCC1CCN(C2CC2)C1. The molecule has 3 rings (SSSR count). The topological polar surface area (TPSA) is 18.5 Å². The molecule has 19 heavy (non-hydrogen) atoms. The summed E-state index contributed by atoms with van der Waals surface area (Å²) in [7, 11) is 2.30. The second-order valence-electron chi connectivity index (χ2n) is 7.00. The van der Waals surface area contributed by atoms with E-state index in [9.17, 15) is 0 Å². The summed E-state index contributed by atoms with van der Waals surface area (Å²) in [4.78, 5) is 5.29. The lowest BCUT2D eigenvalue weighted by Crippen LogP contribution is -2.38. The lowest BCUT2D eigenvalue weighted by molar-refractivity contribution is 0.175. The highest BCUT2D eigenvalue weighted by molar-refractivity contribution is 4.90. The van der Waals surface area contributed by atoms with Gasteiger partial charge in [0, 0.05) is 18.6 Å². The molecule has 3 nitrogen and oxygen atoms in total. The Morgan fingerprint density at radius 3 is 2.74 bits per heavy atom. The monoisotopic (exact) mass is 265 g/mol. The molecule has 1 N–H and O–H groups in total. The maximum Gasteiger partial charge on any atom is 0.0104 e. The Labute approximate surface area is 118 Å². The summed E-state index contributed by atoms with van der Waals surface area (Å²) in [6.07, 6.45) is 9.95. The molecule has 1 aliphatic carbocycles. The van der Waals surface area contributed by atoms with Gasteiger partial charge in [-0.25, -0.2) is 0 Å². The van der Waals surface area contributed by atoms with Gasteiger partial charge >= 0.3 is 0 Å². The van der Waals surface area contributed by atoms with Gasteiger partial charge in [-0.1, -0.05) is 6.42 Å². The highest BCUT2D eigenvalue weighted by atomic mass is 15.2. The Morgan fingerprint density at radius 2 is 1.95 bits per heavy atom. The van der Waals surface area contributed by atoms with Crippen LogP contribution in [0.1, 0.15) is 44.9 Å². The first-order chi connectivity index (χ1) is 9.33. The van der Waals surface area contributed by atoms with E-state index in [-0.39, 0.29) is 0 Å². The molecule has 0 aromatic carbocycles. The molecule has 2 atom stereocenters. The van der Waals surface area contributed by atoms with Gasteiger partial charge in [0.25, 0.3) is 0 Å². The summed E-state index contributed by atoms with van der Waals surface area (Å²) in [5.41, 5.74) is 0. The van der Waals surface area contributed by atoms with Crippen LogP contribution < -0.4 is 5.32 Å². The van der Waals surface area contributed by atoms with E-state index in [2.05, 4.69) is 22.2 Å². The Bertz CT molecular complexity index is 277. The van der Waals surface area contributed by atoms with Crippen molar-refractivity contribution in [2.45, 2.75) is 57.0 Å². The second kappa shape index (κ2) is 6.55. The van der Waals surface area contributed by atoms with E-state index in [1.54, 1.807) is 0 Å².